The van der Waals surface area contributed by atoms with Gasteiger partial charge in [-0.25, -0.2) is 8.42 Å². The van der Waals surface area contributed by atoms with Gasteiger partial charge in [0, 0.05) is 35.5 Å². The molecule has 0 atom stereocenters. The fourth-order valence-corrected chi connectivity index (χ4v) is 3.04. The Morgan fingerprint density at radius 3 is 2.68 bits per heavy atom. The lowest BCUT2D eigenvalue weighted by atomic mass is 10.2. The minimum Gasteiger partial charge on any atom is -0.472 e. The summed E-state index contributed by atoms with van der Waals surface area (Å²) in [5.41, 5.74) is 1.59. The Labute approximate surface area is 117 Å². The first-order valence-electron chi connectivity index (χ1n) is 5.68. The Kier molecular flexibility index (Phi) is 4.29. The van der Waals surface area contributed by atoms with E-state index < -0.39 is 9.84 Å². The van der Waals surface area contributed by atoms with Gasteiger partial charge in [0.25, 0.3) is 0 Å². The van der Waals surface area contributed by atoms with Crippen molar-refractivity contribution in [2.45, 2.75) is 18.0 Å². The molecule has 0 aliphatic heterocycles. The van der Waals surface area contributed by atoms with Crippen molar-refractivity contribution in [3.8, 4) is 0 Å². The third-order valence-electron chi connectivity index (χ3n) is 2.69. The van der Waals surface area contributed by atoms with Gasteiger partial charge in [0.05, 0.1) is 17.4 Å². The first-order chi connectivity index (χ1) is 8.98. The molecule has 1 aromatic carbocycles. The van der Waals surface area contributed by atoms with Crippen LogP contribution >= 0.6 is 11.6 Å². The first kappa shape index (κ1) is 14.1. The van der Waals surface area contributed by atoms with E-state index in [1.807, 2.05) is 6.07 Å². The normalized spacial score (nSPS) is 11.7. The number of hydrogen-bond donors (Lipinski definition) is 1. The Bertz CT molecular complexity index is 651. The van der Waals surface area contributed by atoms with Gasteiger partial charge in [-0.1, -0.05) is 17.7 Å². The van der Waals surface area contributed by atoms with Gasteiger partial charge >= 0.3 is 0 Å². The predicted octanol–water partition coefficient (Wildman–Crippen LogP) is 2.63. The monoisotopic (exact) mass is 299 g/mol. The predicted molar refractivity (Wildman–Crippen MR) is 73.8 cm³/mol. The molecule has 0 saturated heterocycles. The summed E-state index contributed by atoms with van der Waals surface area (Å²) in [6.07, 6.45) is 4.41. The molecule has 19 heavy (non-hydrogen) atoms. The highest BCUT2D eigenvalue weighted by atomic mass is 35.5. The second kappa shape index (κ2) is 5.77. The Hall–Kier alpha value is -1.30. The van der Waals surface area contributed by atoms with E-state index in [9.17, 15) is 8.42 Å². The summed E-state index contributed by atoms with van der Waals surface area (Å²) in [6.45, 7) is 0.970. The van der Waals surface area contributed by atoms with Gasteiger partial charge < -0.3 is 9.73 Å². The number of benzene rings is 1. The van der Waals surface area contributed by atoms with Crippen LogP contribution in [0.1, 0.15) is 11.1 Å². The fourth-order valence-electron chi connectivity index (χ4n) is 1.78. The van der Waals surface area contributed by atoms with Gasteiger partial charge in [-0.2, -0.15) is 0 Å². The van der Waals surface area contributed by atoms with Crippen molar-refractivity contribution < 1.29 is 12.8 Å². The largest absolute Gasteiger partial charge is 0.472 e. The van der Waals surface area contributed by atoms with Gasteiger partial charge in [0.1, 0.15) is 0 Å². The van der Waals surface area contributed by atoms with E-state index in [4.69, 9.17) is 16.0 Å². The van der Waals surface area contributed by atoms with E-state index in [2.05, 4.69) is 5.32 Å². The average molecular weight is 300 g/mol. The highest BCUT2D eigenvalue weighted by Gasteiger charge is 2.15. The van der Waals surface area contributed by atoms with Gasteiger partial charge in [0.15, 0.2) is 9.84 Å². The molecule has 102 valence electrons. The second-order valence-corrected chi connectivity index (χ2v) is 6.62. The summed E-state index contributed by atoms with van der Waals surface area (Å²) in [7, 11) is -3.28. The quantitative estimate of drug-likeness (QED) is 0.922. The van der Waals surface area contributed by atoms with Crippen molar-refractivity contribution in [2.24, 2.45) is 0 Å². The van der Waals surface area contributed by atoms with Gasteiger partial charge in [-0.05, 0) is 18.2 Å². The van der Waals surface area contributed by atoms with Crippen LogP contribution in [-0.2, 0) is 22.9 Å². The van der Waals surface area contributed by atoms with E-state index in [-0.39, 0.29) is 4.90 Å². The third kappa shape index (κ3) is 3.59. The van der Waals surface area contributed by atoms with E-state index in [1.54, 1.807) is 30.7 Å². The van der Waals surface area contributed by atoms with Crippen molar-refractivity contribution >= 4 is 21.4 Å². The molecule has 6 heteroatoms. The topological polar surface area (TPSA) is 59.3 Å². The van der Waals surface area contributed by atoms with Crippen LogP contribution < -0.4 is 5.32 Å². The highest BCUT2D eigenvalue weighted by molar-refractivity contribution is 7.90. The second-order valence-electron chi connectivity index (χ2n) is 4.22. The van der Waals surface area contributed by atoms with Crippen molar-refractivity contribution in [3.05, 3.63) is 52.9 Å². The zero-order chi connectivity index (χ0) is 13.9. The van der Waals surface area contributed by atoms with Crippen LogP contribution in [0.2, 0.25) is 5.02 Å². The molecule has 0 radical (unpaired) electrons. The zero-order valence-corrected chi connectivity index (χ0v) is 12.0. The summed E-state index contributed by atoms with van der Waals surface area (Å²) >= 11 is 6.07. The Balaban J connectivity index is 2.15. The minimum absolute atomic E-state index is 0.264. The standard InChI is InChI=1S/C13H14ClNO3S/c1-19(16,17)13-4-2-3-12(14)11(13)8-15-7-10-5-6-18-9-10/h2-6,9,15H,7-8H2,1H3. The smallest absolute Gasteiger partial charge is 0.175 e. The van der Waals surface area contributed by atoms with E-state index in [0.717, 1.165) is 5.56 Å². The van der Waals surface area contributed by atoms with Crippen molar-refractivity contribution in [1.82, 2.24) is 5.32 Å². The van der Waals surface area contributed by atoms with Crippen LogP contribution in [0.4, 0.5) is 0 Å². The molecule has 1 heterocycles. The summed E-state index contributed by atoms with van der Waals surface area (Å²) in [4.78, 5) is 0.264. The maximum absolute atomic E-state index is 11.7. The van der Waals surface area contributed by atoms with E-state index >= 15 is 0 Å². The number of halogens is 1. The van der Waals surface area contributed by atoms with Crippen LogP contribution in [-0.4, -0.2) is 14.7 Å². The summed E-state index contributed by atoms with van der Waals surface area (Å²) in [5.74, 6) is 0. The molecule has 0 spiro atoms. The number of furan rings is 1. The van der Waals surface area contributed by atoms with Gasteiger partial charge in [-0.15, -0.1) is 0 Å². The zero-order valence-electron chi connectivity index (χ0n) is 10.4. The van der Waals surface area contributed by atoms with Crippen LogP contribution in [0.3, 0.4) is 0 Å². The summed E-state index contributed by atoms with van der Waals surface area (Å²) in [6, 6.07) is 6.73. The van der Waals surface area contributed by atoms with Crippen LogP contribution in [0.25, 0.3) is 0 Å². The molecule has 2 rings (SSSR count). The lowest BCUT2D eigenvalue weighted by Gasteiger charge is -2.10. The third-order valence-corrected chi connectivity index (χ3v) is 4.22. The number of hydrogen-bond acceptors (Lipinski definition) is 4. The molecule has 0 unspecified atom stereocenters. The maximum Gasteiger partial charge on any atom is 0.175 e. The van der Waals surface area contributed by atoms with Gasteiger partial charge in [-0.3, -0.25) is 0 Å². The lowest BCUT2D eigenvalue weighted by molar-refractivity contribution is 0.560. The highest BCUT2D eigenvalue weighted by Crippen LogP contribution is 2.23. The summed E-state index contributed by atoms with van der Waals surface area (Å²) in [5, 5.41) is 3.60. The number of sulfone groups is 1. The molecule has 1 N–H and O–H groups in total. The minimum atomic E-state index is -3.28. The first-order valence-corrected chi connectivity index (χ1v) is 7.94. The molecule has 0 aliphatic rings. The molecule has 0 bridgehead atoms. The van der Waals surface area contributed by atoms with Crippen molar-refractivity contribution in [2.75, 3.05) is 6.26 Å². The van der Waals surface area contributed by atoms with Crippen LogP contribution in [0.5, 0.6) is 0 Å². The SMILES string of the molecule is CS(=O)(=O)c1cccc(Cl)c1CNCc1ccoc1. The number of rotatable bonds is 5. The molecule has 4 nitrogen and oxygen atoms in total. The average Bonchev–Trinajstić information content (AvgIpc) is 2.82. The fraction of sp³-hybridized carbons (Fsp3) is 0.231. The molecule has 0 fully saturated rings. The molecule has 0 aliphatic carbocycles. The van der Waals surface area contributed by atoms with Crippen LogP contribution in [0, 0.1) is 0 Å². The molecule has 0 saturated carbocycles. The van der Waals surface area contributed by atoms with E-state index in [0.29, 0.717) is 23.7 Å². The number of nitrogens with one attached hydrogen (secondary N) is 1. The van der Waals surface area contributed by atoms with E-state index in [1.165, 1.54) is 6.26 Å². The molecular formula is C13H14ClNO3S. The molecular weight excluding hydrogens is 286 g/mol. The lowest BCUT2D eigenvalue weighted by Crippen LogP contribution is -2.15. The van der Waals surface area contributed by atoms with Crippen LogP contribution in [0.15, 0.2) is 46.1 Å². The van der Waals surface area contributed by atoms with Gasteiger partial charge in [0.2, 0.25) is 0 Å². The molecule has 1 aromatic heterocycles. The molecule has 0 amide bonds. The summed E-state index contributed by atoms with van der Waals surface area (Å²) < 4.78 is 28.3. The Morgan fingerprint density at radius 1 is 1.26 bits per heavy atom. The maximum atomic E-state index is 11.7. The molecule has 2 aromatic rings. The van der Waals surface area contributed by atoms with Crippen molar-refractivity contribution in [1.29, 1.82) is 0 Å². The van der Waals surface area contributed by atoms with Crippen molar-refractivity contribution in [3.63, 3.8) is 0 Å². The Morgan fingerprint density at radius 2 is 2.05 bits per heavy atom.